The molecule has 0 aromatic carbocycles. The van der Waals surface area contributed by atoms with E-state index in [0.29, 0.717) is 13.0 Å². The van der Waals surface area contributed by atoms with Crippen molar-refractivity contribution in [1.82, 2.24) is 15.2 Å². The number of nitrogens with zero attached hydrogens (tertiary/aromatic N) is 2. The van der Waals surface area contributed by atoms with Crippen LogP contribution >= 0.6 is 0 Å². The second-order valence-electron chi connectivity index (χ2n) is 6.42. The second-order valence-corrected chi connectivity index (χ2v) is 6.42. The number of carbonyl (C=O) groups excluding carboxylic acids is 1. The lowest BCUT2D eigenvalue weighted by atomic mass is 9.87. The van der Waals surface area contributed by atoms with E-state index in [0.717, 1.165) is 5.69 Å². The molecule has 2 atom stereocenters. The van der Waals surface area contributed by atoms with Crippen LogP contribution in [0.5, 0.6) is 0 Å². The predicted molar refractivity (Wildman–Crippen MR) is 83.9 cm³/mol. The molecule has 0 saturated carbocycles. The van der Waals surface area contributed by atoms with Gasteiger partial charge in [-0.15, -0.1) is 0 Å². The first-order chi connectivity index (χ1) is 9.73. The maximum absolute atomic E-state index is 12.2. The monoisotopic (exact) mass is 293 g/mol. The third-order valence-electron chi connectivity index (χ3n) is 3.58. The van der Waals surface area contributed by atoms with Crippen LogP contribution in [0.3, 0.4) is 0 Å². The summed E-state index contributed by atoms with van der Waals surface area (Å²) < 4.78 is 0. The molecule has 0 spiro atoms. The second kappa shape index (κ2) is 7.41. The van der Waals surface area contributed by atoms with Gasteiger partial charge in [0.05, 0.1) is 17.8 Å². The molecule has 2 unspecified atom stereocenters. The third-order valence-corrected chi connectivity index (χ3v) is 3.58. The Balaban J connectivity index is 2.55. The fourth-order valence-corrected chi connectivity index (χ4v) is 2.31. The SMILES string of the molecule is CC(O)CC(C)(C)CNC(=O)N(C)C(C)c1ccccn1. The van der Waals surface area contributed by atoms with Gasteiger partial charge >= 0.3 is 6.03 Å². The van der Waals surface area contributed by atoms with Crippen molar-refractivity contribution in [2.24, 2.45) is 5.41 Å². The normalized spacial score (nSPS) is 14.4. The number of hydrogen-bond donors (Lipinski definition) is 2. The highest BCUT2D eigenvalue weighted by atomic mass is 16.3. The number of urea groups is 1. The summed E-state index contributed by atoms with van der Waals surface area (Å²) in [7, 11) is 1.76. The van der Waals surface area contributed by atoms with Gasteiger partial charge in [0.15, 0.2) is 0 Å². The quantitative estimate of drug-likeness (QED) is 0.847. The van der Waals surface area contributed by atoms with Crippen molar-refractivity contribution in [2.45, 2.75) is 46.3 Å². The first-order valence-electron chi connectivity index (χ1n) is 7.32. The molecular formula is C16H27N3O2. The van der Waals surface area contributed by atoms with Crippen LogP contribution in [0, 0.1) is 5.41 Å². The minimum Gasteiger partial charge on any atom is -0.393 e. The van der Waals surface area contributed by atoms with Crippen molar-refractivity contribution in [1.29, 1.82) is 0 Å². The fourth-order valence-electron chi connectivity index (χ4n) is 2.31. The van der Waals surface area contributed by atoms with Crippen LogP contribution in [0.25, 0.3) is 0 Å². The largest absolute Gasteiger partial charge is 0.393 e. The van der Waals surface area contributed by atoms with Gasteiger partial charge in [-0.2, -0.15) is 0 Å². The van der Waals surface area contributed by atoms with Gasteiger partial charge in [-0.1, -0.05) is 19.9 Å². The first kappa shape index (κ1) is 17.4. The number of aliphatic hydroxyl groups excluding tert-OH is 1. The Morgan fingerprint density at radius 2 is 2.10 bits per heavy atom. The van der Waals surface area contributed by atoms with E-state index in [1.165, 1.54) is 0 Å². The van der Waals surface area contributed by atoms with Crippen LogP contribution < -0.4 is 5.32 Å². The summed E-state index contributed by atoms with van der Waals surface area (Å²) >= 11 is 0. The number of aromatic nitrogens is 1. The summed E-state index contributed by atoms with van der Waals surface area (Å²) in [6.45, 7) is 8.29. The van der Waals surface area contributed by atoms with E-state index >= 15 is 0 Å². The topological polar surface area (TPSA) is 65.5 Å². The molecule has 0 saturated heterocycles. The van der Waals surface area contributed by atoms with Crippen LogP contribution in [-0.4, -0.2) is 40.7 Å². The molecule has 1 heterocycles. The van der Waals surface area contributed by atoms with Crippen LogP contribution in [0.1, 0.15) is 45.9 Å². The van der Waals surface area contributed by atoms with Crippen molar-refractivity contribution in [3.63, 3.8) is 0 Å². The molecule has 1 aromatic rings. The lowest BCUT2D eigenvalue weighted by Crippen LogP contribution is -2.43. The Hall–Kier alpha value is -1.62. The lowest BCUT2D eigenvalue weighted by molar-refractivity contribution is 0.126. The highest BCUT2D eigenvalue weighted by Crippen LogP contribution is 2.22. The van der Waals surface area contributed by atoms with E-state index in [9.17, 15) is 9.90 Å². The summed E-state index contributed by atoms with van der Waals surface area (Å²) in [6, 6.07) is 5.45. The van der Waals surface area contributed by atoms with Crippen molar-refractivity contribution in [3.05, 3.63) is 30.1 Å². The summed E-state index contributed by atoms with van der Waals surface area (Å²) in [5.74, 6) is 0. The third kappa shape index (κ3) is 5.71. The molecule has 0 aliphatic rings. The van der Waals surface area contributed by atoms with Gasteiger partial charge in [0.2, 0.25) is 0 Å². The molecule has 21 heavy (non-hydrogen) atoms. The predicted octanol–water partition coefficient (Wildman–Crippen LogP) is 2.58. The number of hydrogen-bond acceptors (Lipinski definition) is 3. The number of aliphatic hydroxyl groups is 1. The van der Waals surface area contributed by atoms with Crippen LogP contribution in [0.2, 0.25) is 0 Å². The maximum Gasteiger partial charge on any atom is 0.317 e. The molecule has 5 nitrogen and oxygen atoms in total. The molecule has 0 bridgehead atoms. The van der Waals surface area contributed by atoms with Crippen molar-refractivity contribution < 1.29 is 9.90 Å². The Labute approximate surface area is 127 Å². The number of pyridine rings is 1. The zero-order chi connectivity index (χ0) is 16.0. The molecule has 1 rings (SSSR count). The summed E-state index contributed by atoms with van der Waals surface area (Å²) in [5.41, 5.74) is 0.720. The van der Waals surface area contributed by atoms with E-state index in [1.54, 1.807) is 25.1 Å². The maximum atomic E-state index is 12.2. The Morgan fingerprint density at radius 1 is 1.43 bits per heavy atom. The van der Waals surface area contributed by atoms with Gasteiger partial charge in [-0.25, -0.2) is 4.79 Å². The molecular weight excluding hydrogens is 266 g/mol. The average Bonchev–Trinajstić information content (AvgIpc) is 2.43. The van der Waals surface area contributed by atoms with Crippen molar-refractivity contribution >= 4 is 6.03 Å². The number of nitrogens with one attached hydrogen (secondary N) is 1. The van der Waals surface area contributed by atoms with Crippen molar-refractivity contribution in [2.75, 3.05) is 13.6 Å². The molecule has 0 aliphatic heterocycles. The summed E-state index contributed by atoms with van der Waals surface area (Å²) in [6.07, 6.45) is 2.00. The Morgan fingerprint density at radius 3 is 2.62 bits per heavy atom. The van der Waals surface area contributed by atoms with Gasteiger partial charge in [0, 0.05) is 19.8 Å². The number of amides is 2. The van der Waals surface area contributed by atoms with E-state index in [-0.39, 0.29) is 23.6 Å². The smallest absolute Gasteiger partial charge is 0.317 e. The number of rotatable bonds is 6. The summed E-state index contributed by atoms with van der Waals surface area (Å²) in [5, 5.41) is 12.4. The van der Waals surface area contributed by atoms with Gasteiger partial charge in [-0.3, -0.25) is 4.98 Å². The molecule has 2 amide bonds. The van der Waals surface area contributed by atoms with Crippen LogP contribution in [0.15, 0.2) is 24.4 Å². The van der Waals surface area contributed by atoms with Gasteiger partial charge in [0.1, 0.15) is 0 Å². The van der Waals surface area contributed by atoms with Crippen molar-refractivity contribution in [3.8, 4) is 0 Å². The van der Waals surface area contributed by atoms with Gasteiger partial charge < -0.3 is 15.3 Å². The number of carbonyl (C=O) groups is 1. The highest BCUT2D eigenvalue weighted by molar-refractivity contribution is 5.74. The molecule has 1 aromatic heterocycles. The summed E-state index contributed by atoms with van der Waals surface area (Å²) in [4.78, 5) is 18.1. The van der Waals surface area contributed by atoms with Gasteiger partial charge in [-0.05, 0) is 37.8 Å². The molecule has 2 N–H and O–H groups in total. The van der Waals surface area contributed by atoms with E-state index in [4.69, 9.17) is 0 Å². The Kier molecular flexibility index (Phi) is 6.15. The van der Waals surface area contributed by atoms with E-state index in [1.807, 2.05) is 39.0 Å². The zero-order valence-corrected chi connectivity index (χ0v) is 13.6. The van der Waals surface area contributed by atoms with Crippen LogP contribution in [0.4, 0.5) is 4.79 Å². The molecule has 5 heteroatoms. The molecule has 0 fully saturated rings. The minimum atomic E-state index is -0.373. The van der Waals surface area contributed by atoms with Crippen LogP contribution in [-0.2, 0) is 0 Å². The highest BCUT2D eigenvalue weighted by Gasteiger charge is 2.23. The molecule has 0 aliphatic carbocycles. The van der Waals surface area contributed by atoms with E-state index < -0.39 is 0 Å². The zero-order valence-electron chi connectivity index (χ0n) is 13.6. The standard InChI is InChI=1S/C16H27N3O2/c1-12(20)10-16(3,4)11-18-15(21)19(5)13(2)14-8-6-7-9-17-14/h6-9,12-13,20H,10-11H2,1-5H3,(H,18,21). The Bertz CT molecular complexity index is 446. The van der Waals surface area contributed by atoms with Gasteiger partial charge in [0.25, 0.3) is 0 Å². The fraction of sp³-hybridized carbons (Fsp3) is 0.625. The lowest BCUT2D eigenvalue weighted by Gasteiger charge is -2.29. The average molecular weight is 293 g/mol. The minimum absolute atomic E-state index is 0.0916. The first-order valence-corrected chi connectivity index (χ1v) is 7.32. The van der Waals surface area contributed by atoms with E-state index in [2.05, 4.69) is 10.3 Å². The molecule has 118 valence electrons. The molecule has 0 radical (unpaired) electrons.